The molecule has 0 radical (unpaired) electrons. The second-order valence-corrected chi connectivity index (χ2v) is 9.38. The number of nitrogens with one attached hydrogen (secondary N) is 1. The summed E-state index contributed by atoms with van der Waals surface area (Å²) >= 11 is 1.98. The van der Waals surface area contributed by atoms with Crippen LogP contribution in [0.25, 0.3) is 0 Å². The summed E-state index contributed by atoms with van der Waals surface area (Å²) in [5.41, 5.74) is 2.01. The van der Waals surface area contributed by atoms with Gasteiger partial charge in [0.1, 0.15) is 0 Å². The zero-order chi connectivity index (χ0) is 15.0. The van der Waals surface area contributed by atoms with Gasteiger partial charge in [0.05, 0.1) is 0 Å². The molecule has 118 valence electrons. The van der Waals surface area contributed by atoms with Crippen LogP contribution in [-0.2, 0) is 13.1 Å². The Labute approximate surface area is 133 Å². The van der Waals surface area contributed by atoms with E-state index in [1.165, 1.54) is 42.1 Å². The highest BCUT2D eigenvalue weighted by Crippen LogP contribution is 2.35. The maximum absolute atomic E-state index is 3.63. The van der Waals surface area contributed by atoms with Crippen molar-refractivity contribution in [2.75, 3.05) is 13.1 Å². The van der Waals surface area contributed by atoms with Gasteiger partial charge in [-0.05, 0) is 55.7 Å². The fraction of sp³-hybridized carbons (Fsp3) is 0.778. The average Bonchev–Trinajstić information content (AvgIpc) is 2.99. The van der Waals surface area contributed by atoms with Crippen molar-refractivity contribution in [1.29, 1.82) is 0 Å². The van der Waals surface area contributed by atoms with Crippen LogP contribution in [0.4, 0.5) is 0 Å². The van der Waals surface area contributed by atoms with Crippen LogP contribution in [0.3, 0.4) is 0 Å². The smallest absolute Gasteiger partial charge is 0.0302 e. The molecule has 2 nitrogen and oxygen atoms in total. The number of aryl methyl sites for hydroxylation is 1. The Kier molecular flexibility index (Phi) is 4.45. The molecule has 1 aromatic heterocycles. The summed E-state index contributed by atoms with van der Waals surface area (Å²) in [6.45, 7) is 14.2. The lowest BCUT2D eigenvalue weighted by atomic mass is 9.80. The van der Waals surface area contributed by atoms with Crippen LogP contribution in [0.15, 0.2) is 6.07 Å². The molecule has 1 aliphatic heterocycles. The number of likely N-dealkylation sites (tertiary alicyclic amines) is 1. The van der Waals surface area contributed by atoms with Crippen molar-refractivity contribution in [2.24, 2.45) is 11.3 Å². The topological polar surface area (TPSA) is 15.3 Å². The average molecular weight is 307 g/mol. The largest absolute Gasteiger partial charge is 0.309 e. The molecule has 0 aromatic carbocycles. The third-order valence-electron chi connectivity index (χ3n) is 5.11. The van der Waals surface area contributed by atoms with E-state index in [1.807, 2.05) is 11.3 Å². The van der Waals surface area contributed by atoms with Crippen molar-refractivity contribution < 1.29 is 0 Å². The first-order valence-corrected chi connectivity index (χ1v) is 9.27. The molecular weight excluding hydrogens is 276 g/mol. The number of hydrogen-bond donors (Lipinski definition) is 1. The second-order valence-electron chi connectivity index (χ2n) is 8.04. The molecule has 1 atom stereocenters. The first kappa shape index (κ1) is 15.5. The Morgan fingerprint density at radius 2 is 2.05 bits per heavy atom. The predicted molar refractivity (Wildman–Crippen MR) is 91.8 cm³/mol. The molecule has 0 amide bonds. The van der Waals surface area contributed by atoms with Crippen LogP contribution in [0.5, 0.6) is 0 Å². The van der Waals surface area contributed by atoms with Crippen molar-refractivity contribution in [3.8, 4) is 0 Å². The van der Waals surface area contributed by atoms with E-state index in [0.29, 0.717) is 5.41 Å². The number of nitrogens with zero attached hydrogens (tertiary/aromatic N) is 1. The molecule has 21 heavy (non-hydrogen) atoms. The molecule has 0 bridgehead atoms. The summed E-state index contributed by atoms with van der Waals surface area (Å²) < 4.78 is 0. The molecule has 2 aliphatic rings. The first-order valence-electron chi connectivity index (χ1n) is 8.46. The highest BCUT2D eigenvalue weighted by molar-refractivity contribution is 7.12. The number of rotatable bonds is 5. The van der Waals surface area contributed by atoms with Gasteiger partial charge < -0.3 is 5.32 Å². The highest BCUT2D eigenvalue weighted by Gasteiger charge is 2.31. The second kappa shape index (κ2) is 6.02. The normalized spacial score (nSPS) is 23.9. The van der Waals surface area contributed by atoms with Crippen LogP contribution in [0.2, 0.25) is 0 Å². The molecule has 0 spiro atoms. The van der Waals surface area contributed by atoms with Gasteiger partial charge in [0.2, 0.25) is 0 Å². The third kappa shape index (κ3) is 4.08. The minimum atomic E-state index is 0.456. The molecule has 1 saturated carbocycles. The van der Waals surface area contributed by atoms with Crippen molar-refractivity contribution >= 4 is 11.3 Å². The Bertz CT molecular complexity index is 482. The van der Waals surface area contributed by atoms with Gasteiger partial charge in [0.25, 0.3) is 0 Å². The standard InChI is InChI=1S/C18H30N2S/c1-13-14(9-17(21-13)10-19-16-5-6-16)11-20-8-7-15(12-20)18(2,3)4/h9,15-16,19H,5-8,10-12H2,1-4H3. The molecule has 1 aromatic rings. The maximum Gasteiger partial charge on any atom is 0.0302 e. The Morgan fingerprint density at radius 3 is 2.67 bits per heavy atom. The van der Waals surface area contributed by atoms with Gasteiger partial charge in [-0.1, -0.05) is 20.8 Å². The van der Waals surface area contributed by atoms with Gasteiger partial charge in [-0.3, -0.25) is 4.90 Å². The van der Waals surface area contributed by atoms with Gasteiger partial charge in [-0.2, -0.15) is 0 Å². The van der Waals surface area contributed by atoms with Crippen molar-refractivity contribution in [1.82, 2.24) is 10.2 Å². The molecule has 1 N–H and O–H groups in total. The van der Waals surface area contributed by atoms with E-state index in [4.69, 9.17) is 0 Å². The zero-order valence-corrected chi connectivity index (χ0v) is 14.9. The summed E-state index contributed by atoms with van der Waals surface area (Å²) in [4.78, 5) is 5.69. The van der Waals surface area contributed by atoms with Gasteiger partial charge in [0.15, 0.2) is 0 Å². The van der Waals surface area contributed by atoms with Crippen molar-refractivity contribution in [2.45, 2.75) is 66.1 Å². The summed E-state index contributed by atoms with van der Waals surface area (Å²) in [6.07, 6.45) is 4.11. The molecule has 1 unspecified atom stereocenters. The maximum atomic E-state index is 3.63. The summed E-state index contributed by atoms with van der Waals surface area (Å²) in [7, 11) is 0. The fourth-order valence-corrected chi connectivity index (χ4v) is 4.29. The van der Waals surface area contributed by atoms with Gasteiger partial charge >= 0.3 is 0 Å². The summed E-state index contributed by atoms with van der Waals surface area (Å²) in [5.74, 6) is 0.854. The van der Waals surface area contributed by atoms with Crippen LogP contribution < -0.4 is 5.32 Å². The van der Waals surface area contributed by atoms with Gasteiger partial charge in [0, 0.05) is 35.4 Å². The van der Waals surface area contributed by atoms with E-state index in [2.05, 4.69) is 44.0 Å². The zero-order valence-electron chi connectivity index (χ0n) is 14.0. The molecule has 2 heterocycles. The lowest BCUT2D eigenvalue weighted by Gasteiger charge is -2.27. The minimum absolute atomic E-state index is 0.456. The van der Waals surface area contributed by atoms with E-state index in [9.17, 15) is 0 Å². The van der Waals surface area contributed by atoms with Crippen molar-refractivity contribution in [3.63, 3.8) is 0 Å². The Balaban J connectivity index is 1.55. The van der Waals surface area contributed by atoms with Gasteiger partial charge in [-0.25, -0.2) is 0 Å². The minimum Gasteiger partial charge on any atom is -0.309 e. The molecule has 3 heteroatoms. The van der Waals surface area contributed by atoms with Crippen LogP contribution in [0, 0.1) is 18.3 Å². The molecule has 1 aliphatic carbocycles. The van der Waals surface area contributed by atoms with Crippen LogP contribution >= 0.6 is 11.3 Å². The Hall–Kier alpha value is -0.380. The van der Waals surface area contributed by atoms with Crippen LogP contribution in [-0.4, -0.2) is 24.0 Å². The van der Waals surface area contributed by atoms with Gasteiger partial charge in [-0.15, -0.1) is 11.3 Å². The molecule has 3 rings (SSSR count). The number of hydrogen-bond acceptors (Lipinski definition) is 3. The molecule has 1 saturated heterocycles. The first-order chi connectivity index (χ1) is 9.91. The van der Waals surface area contributed by atoms with E-state index in [1.54, 1.807) is 5.56 Å². The Morgan fingerprint density at radius 1 is 1.29 bits per heavy atom. The fourth-order valence-electron chi connectivity index (χ4n) is 3.29. The van der Waals surface area contributed by atoms with E-state index in [-0.39, 0.29) is 0 Å². The lowest BCUT2D eigenvalue weighted by Crippen LogP contribution is -2.25. The van der Waals surface area contributed by atoms with E-state index in [0.717, 1.165) is 25.0 Å². The summed E-state index contributed by atoms with van der Waals surface area (Å²) in [6, 6.07) is 3.25. The highest BCUT2D eigenvalue weighted by atomic mass is 32.1. The van der Waals surface area contributed by atoms with E-state index >= 15 is 0 Å². The third-order valence-corrected chi connectivity index (χ3v) is 6.20. The van der Waals surface area contributed by atoms with Crippen LogP contribution in [0.1, 0.15) is 55.4 Å². The predicted octanol–water partition coefficient (Wildman–Crippen LogP) is 4.18. The number of thiophene rings is 1. The molecule has 2 fully saturated rings. The van der Waals surface area contributed by atoms with E-state index < -0.39 is 0 Å². The monoisotopic (exact) mass is 306 g/mol. The summed E-state index contributed by atoms with van der Waals surface area (Å²) in [5, 5.41) is 3.63. The lowest BCUT2D eigenvalue weighted by molar-refractivity contribution is 0.226. The quantitative estimate of drug-likeness (QED) is 0.878. The van der Waals surface area contributed by atoms with Crippen molar-refractivity contribution in [3.05, 3.63) is 21.4 Å². The molecular formula is C18H30N2S. The SMILES string of the molecule is Cc1sc(CNC2CC2)cc1CN1CCC(C(C)(C)C)C1.